The predicted molar refractivity (Wildman–Crippen MR) is 76.2 cm³/mol. The molecule has 2 heterocycles. The molecule has 0 unspecified atom stereocenters. The molecule has 0 spiro atoms. The van der Waals surface area contributed by atoms with Crippen LogP contribution < -0.4 is 0 Å². The van der Waals surface area contributed by atoms with Crippen molar-refractivity contribution in [3.63, 3.8) is 0 Å². The van der Waals surface area contributed by atoms with Gasteiger partial charge in [0.2, 0.25) is 5.28 Å². The fourth-order valence-electron chi connectivity index (χ4n) is 2.25. The molecule has 0 amide bonds. The molecule has 0 radical (unpaired) electrons. The highest BCUT2D eigenvalue weighted by atomic mass is 35.5. The minimum Gasteiger partial charge on any atom is -0.312 e. The Morgan fingerprint density at radius 3 is 2.58 bits per heavy atom. The third kappa shape index (κ3) is 1.98. The normalized spacial score (nSPS) is 11.4. The van der Waals surface area contributed by atoms with Crippen LogP contribution in [0.15, 0.2) is 36.9 Å². The number of rotatable bonds is 2. The molecule has 2 aromatic heterocycles. The number of hydrogen-bond donors (Lipinski definition) is 0. The molecule has 0 aliphatic carbocycles. The molecule has 96 valence electrons. The van der Waals surface area contributed by atoms with Crippen LogP contribution in [0.1, 0.15) is 19.9 Å². The van der Waals surface area contributed by atoms with E-state index in [1.54, 1.807) is 12.4 Å². The number of benzene rings is 1. The second kappa shape index (κ2) is 4.63. The summed E-state index contributed by atoms with van der Waals surface area (Å²) in [4.78, 5) is 12.6. The third-order valence-electron chi connectivity index (χ3n) is 3.07. The molecule has 0 N–H and O–H groups in total. The Morgan fingerprint density at radius 1 is 1.16 bits per heavy atom. The summed E-state index contributed by atoms with van der Waals surface area (Å²) in [6, 6.07) is 6.30. The van der Waals surface area contributed by atoms with Crippen LogP contribution in [0, 0.1) is 0 Å². The van der Waals surface area contributed by atoms with Gasteiger partial charge in [0.25, 0.3) is 0 Å². The van der Waals surface area contributed by atoms with Gasteiger partial charge in [-0.25, -0.2) is 15.0 Å². The Balaban J connectivity index is 2.31. The first-order valence-corrected chi connectivity index (χ1v) is 6.48. The molecule has 0 atom stereocenters. The number of aromatic nitrogens is 4. The molecule has 5 heteroatoms. The van der Waals surface area contributed by atoms with Gasteiger partial charge in [0.05, 0.1) is 11.0 Å². The van der Waals surface area contributed by atoms with Gasteiger partial charge in [-0.2, -0.15) is 0 Å². The molecular formula is C14H13ClN4. The van der Waals surface area contributed by atoms with E-state index in [2.05, 4.69) is 28.8 Å². The Hall–Kier alpha value is -1.94. The Morgan fingerprint density at radius 2 is 1.89 bits per heavy atom. The largest absolute Gasteiger partial charge is 0.312 e. The number of para-hydroxylation sites is 1. The molecule has 0 aliphatic heterocycles. The summed E-state index contributed by atoms with van der Waals surface area (Å²) in [5, 5.41) is 0.509. The zero-order valence-electron chi connectivity index (χ0n) is 10.7. The molecule has 0 saturated heterocycles. The van der Waals surface area contributed by atoms with Crippen molar-refractivity contribution in [3.8, 4) is 11.1 Å². The van der Waals surface area contributed by atoms with Gasteiger partial charge in [-0.05, 0) is 31.5 Å². The van der Waals surface area contributed by atoms with Crippen LogP contribution >= 0.6 is 11.6 Å². The van der Waals surface area contributed by atoms with Crippen molar-refractivity contribution in [2.24, 2.45) is 0 Å². The Labute approximate surface area is 116 Å². The molecule has 0 fully saturated rings. The summed E-state index contributed by atoms with van der Waals surface area (Å²) in [6.45, 7) is 4.18. The second-order valence-electron chi connectivity index (χ2n) is 4.65. The van der Waals surface area contributed by atoms with Crippen LogP contribution in [0.3, 0.4) is 0 Å². The molecule has 19 heavy (non-hydrogen) atoms. The van der Waals surface area contributed by atoms with Crippen molar-refractivity contribution in [1.82, 2.24) is 19.5 Å². The SMILES string of the molecule is CC(C)n1c(Cl)nc2c(-c3cncnc3)cccc21. The molecule has 3 rings (SSSR count). The first-order chi connectivity index (χ1) is 9.18. The van der Waals surface area contributed by atoms with Crippen molar-refractivity contribution in [2.75, 3.05) is 0 Å². The smallest absolute Gasteiger partial charge is 0.204 e. The highest BCUT2D eigenvalue weighted by Crippen LogP contribution is 2.31. The highest BCUT2D eigenvalue weighted by molar-refractivity contribution is 6.29. The first-order valence-electron chi connectivity index (χ1n) is 6.10. The van der Waals surface area contributed by atoms with Gasteiger partial charge in [0.1, 0.15) is 6.33 Å². The van der Waals surface area contributed by atoms with E-state index >= 15 is 0 Å². The van der Waals surface area contributed by atoms with Gasteiger partial charge in [-0.1, -0.05) is 12.1 Å². The number of halogens is 1. The number of nitrogens with zero attached hydrogens (tertiary/aromatic N) is 4. The van der Waals surface area contributed by atoms with E-state index in [0.717, 1.165) is 22.2 Å². The molecule has 0 aliphatic rings. The molecule has 1 aromatic carbocycles. The first kappa shape index (κ1) is 12.1. The van der Waals surface area contributed by atoms with Crippen molar-refractivity contribution in [1.29, 1.82) is 0 Å². The van der Waals surface area contributed by atoms with Crippen LogP contribution in [-0.4, -0.2) is 19.5 Å². The maximum atomic E-state index is 6.24. The molecule has 0 bridgehead atoms. The van der Waals surface area contributed by atoms with Gasteiger partial charge >= 0.3 is 0 Å². The van der Waals surface area contributed by atoms with Gasteiger partial charge in [-0.15, -0.1) is 0 Å². The average molecular weight is 273 g/mol. The fraction of sp³-hybridized carbons (Fsp3) is 0.214. The lowest BCUT2D eigenvalue weighted by molar-refractivity contribution is 0.618. The quantitative estimate of drug-likeness (QED) is 0.714. The third-order valence-corrected chi connectivity index (χ3v) is 3.33. The molecular weight excluding hydrogens is 260 g/mol. The van der Waals surface area contributed by atoms with Crippen LogP contribution in [0.25, 0.3) is 22.2 Å². The van der Waals surface area contributed by atoms with E-state index in [-0.39, 0.29) is 6.04 Å². The van der Waals surface area contributed by atoms with Gasteiger partial charge in [0, 0.05) is 29.6 Å². The summed E-state index contributed by atoms with van der Waals surface area (Å²) in [7, 11) is 0. The van der Waals surface area contributed by atoms with E-state index in [4.69, 9.17) is 11.6 Å². The van der Waals surface area contributed by atoms with Gasteiger partial charge in [0.15, 0.2) is 0 Å². The Kier molecular flexibility index (Phi) is 2.95. The monoisotopic (exact) mass is 272 g/mol. The van der Waals surface area contributed by atoms with E-state index in [1.165, 1.54) is 6.33 Å². The average Bonchev–Trinajstić information content (AvgIpc) is 2.75. The highest BCUT2D eigenvalue weighted by Gasteiger charge is 2.14. The van der Waals surface area contributed by atoms with Crippen molar-refractivity contribution in [3.05, 3.63) is 42.2 Å². The lowest BCUT2D eigenvalue weighted by Crippen LogP contribution is -2.00. The van der Waals surface area contributed by atoms with Crippen molar-refractivity contribution >= 4 is 22.6 Å². The van der Waals surface area contributed by atoms with Crippen LogP contribution in [0.5, 0.6) is 0 Å². The van der Waals surface area contributed by atoms with Crippen LogP contribution in [-0.2, 0) is 0 Å². The maximum absolute atomic E-state index is 6.24. The van der Waals surface area contributed by atoms with Gasteiger partial charge in [-0.3, -0.25) is 0 Å². The molecule has 0 saturated carbocycles. The lowest BCUT2D eigenvalue weighted by atomic mass is 10.1. The molecule has 4 nitrogen and oxygen atoms in total. The number of fused-ring (bicyclic) bond motifs is 1. The van der Waals surface area contributed by atoms with E-state index in [0.29, 0.717) is 5.28 Å². The summed E-state index contributed by atoms with van der Waals surface area (Å²) in [5.74, 6) is 0. The summed E-state index contributed by atoms with van der Waals surface area (Å²) >= 11 is 6.24. The van der Waals surface area contributed by atoms with E-state index in [1.807, 2.05) is 22.8 Å². The predicted octanol–water partition coefficient (Wildman–Crippen LogP) is 3.73. The van der Waals surface area contributed by atoms with E-state index in [9.17, 15) is 0 Å². The van der Waals surface area contributed by atoms with Crippen molar-refractivity contribution < 1.29 is 0 Å². The minimum atomic E-state index is 0.264. The van der Waals surface area contributed by atoms with Crippen molar-refractivity contribution in [2.45, 2.75) is 19.9 Å². The van der Waals surface area contributed by atoms with Crippen LogP contribution in [0.2, 0.25) is 5.28 Å². The van der Waals surface area contributed by atoms with Crippen LogP contribution in [0.4, 0.5) is 0 Å². The zero-order chi connectivity index (χ0) is 13.4. The summed E-state index contributed by atoms with van der Waals surface area (Å²) < 4.78 is 2.02. The summed E-state index contributed by atoms with van der Waals surface area (Å²) in [6.07, 6.45) is 5.08. The number of imidazole rings is 1. The number of hydrogen-bond acceptors (Lipinski definition) is 3. The minimum absolute atomic E-state index is 0.264. The lowest BCUT2D eigenvalue weighted by Gasteiger charge is -2.09. The second-order valence-corrected chi connectivity index (χ2v) is 4.98. The Bertz CT molecular complexity index is 719. The molecule has 3 aromatic rings. The fourth-order valence-corrected chi connectivity index (χ4v) is 2.62. The van der Waals surface area contributed by atoms with E-state index < -0.39 is 0 Å². The summed E-state index contributed by atoms with van der Waals surface area (Å²) in [5.41, 5.74) is 3.86. The van der Waals surface area contributed by atoms with Gasteiger partial charge < -0.3 is 4.57 Å². The maximum Gasteiger partial charge on any atom is 0.204 e. The topological polar surface area (TPSA) is 43.6 Å². The zero-order valence-corrected chi connectivity index (χ0v) is 11.5. The standard InChI is InChI=1S/C14H13ClN4/c1-9(2)19-12-5-3-4-11(13(12)18-14(19)15)10-6-16-8-17-7-10/h3-9H,1-2H3.